The van der Waals surface area contributed by atoms with Gasteiger partial charge in [-0.1, -0.05) is 35.7 Å². The Morgan fingerprint density at radius 1 is 1.19 bits per heavy atom. The Hall–Kier alpha value is -2.84. The number of fused-ring (bicyclic) bond motifs is 1. The third kappa shape index (κ3) is 4.29. The predicted octanol–water partition coefficient (Wildman–Crippen LogP) is 2.92. The monoisotopic (exact) mass is 379 g/mol. The number of nitrogens with zero attached hydrogens (tertiary/aromatic N) is 2. The van der Waals surface area contributed by atoms with Crippen LogP contribution >= 0.6 is 11.6 Å². The summed E-state index contributed by atoms with van der Waals surface area (Å²) in [5.41, 5.74) is 3.58. The smallest absolute Gasteiger partial charge is 0.296 e. The normalized spacial score (nSPS) is 14.9. The van der Waals surface area contributed by atoms with Crippen LogP contribution in [0.2, 0.25) is 5.02 Å². The molecule has 0 atom stereocenters. The van der Waals surface area contributed by atoms with Crippen LogP contribution in [0.4, 0.5) is 0 Å². The van der Waals surface area contributed by atoms with E-state index in [1.165, 1.54) is 6.20 Å². The van der Waals surface area contributed by atoms with E-state index in [1.807, 2.05) is 18.2 Å². The molecule has 136 valence electrons. The zero-order valence-corrected chi connectivity index (χ0v) is 15.4. The van der Waals surface area contributed by atoms with Gasteiger partial charge in [-0.15, -0.1) is 0 Å². The molecule has 1 N–H and O–H groups in total. The number of nitrogens with one attached hydrogen (secondary N) is 1. The van der Waals surface area contributed by atoms with Crippen LogP contribution in [0.5, 0.6) is 0 Å². The molecule has 5 nitrogen and oxygen atoms in total. The van der Waals surface area contributed by atoms with Crippen molar-refractivity contribution in [3.05, 3.63) is 63.9 Å². The van der Waals surface area contributed by atoms with Crippen LogP contribution in [0.15, 0.2) is 36.5 Å². The third-order valence-corrected chi connectivity index (χ3v) is 4.87. The summed E-state index contributed by atoms with van der Waals surface area (Å²) in [4.78, 5) is 30.2. The highest BCUT2D eigenvalue weighted by molar-refractivity contribution is 6.30. The summed E-state index contributed by atoms with van der Waals surface area (Å²) in [6.07, 6.45) is 3.68. The second-order valence-electron chi connectivity index (χ2n) is 6.85. The van der Waals surface area contributed by atoms with Gasteiger partial charge < -0.3 is 10.2 Å². The van der Waals surface area contributed by atoms with Gasteiger partial charge >= 0.3 is 0 Å². The van der Waals surface area contributed by atoms with Gasteiger partial charge in [0.25, 0.3) is 11.8 Å². The zero-order chi connectivity index (χ0) is 18.8. The van der Waals surface area contributed by atoms with E-state index in [0.29, 0.717) is 36.3 Å². The lowest BCUT2D eigenvalue weighted by atomic mass is 10.1. The number of hydrogen-bond acceptors (Lipinski definition) is 3. The number of aromatic nitrogens is 1. The molecule has 2 aromatic rings. The maximum atomic E-state index is 12.6. The van der Waals surface area contributed by atoms with E-state index in [0.717, 1.165) is 29.5 Å². The minimum atomic E-state index is -0.243. The van der Waals surface area contributed by atoms with Crippen molar-refractivity contribution in [2.45, 2.75) is 32.5 Å². The van der Waals surface area contributed by atoms with Crippen LogP contribution in [0, 0.1) is 17.8 Å². The van der Waals surface area contributed by atoms with Gasteiger partial charge in [0.15, 0.2) is 0 Å². The third-order valence-electron chi connectivity index (χ3n) is 4.65. The fourth-order valence-electron chi connectivity index (χ4n) is 2.99. The maximum absolute atomic E-state index is 12.6. The Morgan fingerprint density at radius 2 is 2.00 bits per heavy atom. The highest BCUT2D eigenvalue weighted by atomic mass is 35.5. The standard InChI is InChI=1S/C21H18ClN3O2/c22-18-6-7-19(23-11-18)21(27)25-12-16-5-3-15(9-17(16)13-25)10-24-20(26)8-4-14-1-2-14/h3,5-7,9,11,14H,1-2,10,12-13H2,(H,24,26). The Labute approximate surface area is 162 Å². The number of benzene rings is 1. The predicted molar refractivity (Wildman–Crippen MR) is 102 cm³/mol. The van der Waals surface area contributed by atoms with Crippen molar-refractivity contribution < 1.29 is 9.59 Å². The molecule has 1 aliphatic carbocycles. The molecular weight excluding hydrogens is 362 g/mol. The van der Waals surface area contributed by atoms with E-state index in [1.54, 1.807) is 17.0 Å². The summed E-state index contributed by atoms with van der Waals surface area (Å²) < 4.78 is 0. The summed E-state index contributed by atoms with van der Waals surface area (Å²) in [5.74, 6) is 5.64. The van der Waals surface area contributed by atoms with Crippen LogP contribution in [0.3, 0.4) is 0 Å². The molecule has 1 aromatic heterocycles. The average Bonchev–Trinajstić information content (AvgIpc) is 3.41. The highest BCUT2D eigenvalue weighted by Gasteiger charge is 2.25. The van der Waals surface area contributed by atoms with Gasteiger partial charge in [-0.3, -0.25) is 9.59 Å². The van der Waals surface area contributed by atoms with Crippen LogP contribution in [0.25, 0.3) is 0 Å². The van der Waals surface area contributed by atoms with Gasteiger partial charge in [0.2, 0.25) is 0 Å². The van der Waals surface area contributed by atoms with Crippen LogP contribution in [-0.2, 0) is 24.4 Å². The Kier molecular flexibility index (Phi) is 4.83. The number of pyridine rings is 1. The zero-order valence-electron chi connectivity index (χ0n) is 14.7. The summed E-state index contributed by atoms with van der Waals surface area (Å²) in [5, 5.41) is 3.33. The van der Waals surface area contributed by atoms with Crippen molar-refractivity contribution in [2.75, 3.05) is 0 Å². The first kappa shape index (κ1) is 17.6. The lowest BCUT2D eigenvalue weighted by Gasteiger charge is -2.14. The second kappa shape index (κ2) is 7.42. The van der Waals surface area contributed by atoms with Gasteiger partial charge in [-0.25, -0.2) is 4.98 Å². The molecule has 6 heteroatoms. The molecule has 2 heterocycles. The fraction of sp³-hybridized carbons (Fsp3) is 0.286. The number of amides is 2. The molecule has 1 aliphatic heterocycles. The molecule has 0 saturated heterocycles. The minimum absolute atomic E-state index is 0.118. The molecule has 1 aromatic carbocycles. The number of hydrogen-bond donors (Lipinski definition) is 1. The Morgan fingerprint density at radius 3 is 2.74 bits per heavy atom. The maximum Gasteiger partial charge on any atom is 0.296 e. The fourth-order valence-corrected chi connectivity index (χ4v) is 3.10. The topological polar surface area (TPSA) is 62.3 Å². The van der Waals surface area contributed by atoms with Crippen molar-refractivity contribution in [1.82, 2.24) is 15.2 Å². The number of carbonyl (C=O) groups excluding carboxylic acids is 2. The van der Waals surface area contributed by atoms with Gasteiger partial charge in [0.1, 0.15) is 5.69 Å². The number of halogens is 1. The SMILES string of the molecule is O=C(C#CC1CC1)NCc1ccc2c(c1)CN(C(=O)c1ccc(Cl)cn1)C2. The van der Waals surface area contributed by atoms with E-state index >= 15 is 0 Å². The lowest BCUT2D eigenvalue weighted by molar-refractivity contribution is -0.115. The van der Waals surface area contributed by atoms with Crippen LogP contribution < -0.4 is 5.32 Å². The summed E-state index contributed by atoms with van der Waals surface area (Å²) in [6.45, 7) is 1.51. The lowest BCUT2D eigenvalue weighted by Crippen LogP contribution is -2.26. The summed E-state index contributed by atoms with van der Waals surface area (Å²) in [6, 6.07) is 9.32. The van der Waals surface area contributed by atoms with Gasteiger partial charge in [-0.05, 0) is 47.6 Å². The van der Waals surface area contributed by atoms with E-state index in [9.17, 15) is 9.59 Å². The molecule has 27 heavy (non-hydrogen) atoms. The van der Waals surface area contributed by atoms with Crippen molar-refractivity contribution in [3.63, 3.8) is 0 Å². The largest absolute Gasteiger partial charge is 0.341 e. The molecule has 0 radical (unpaired) electrons. The molecule has 2 amide bonds. The molecule has 0 unspecified atom stereocenters. The quantitative estimate of drug-likeness (QED) is 0.834. The van der Waals surface area contributed by atoms with Crippen LogP contribution in [0.1, 0.15) is 40.0 Å². The van der Waals surface area contributed by atoms with Gasteiger partial charge in [0, 0.05) is 31.7 Å². The van der Waals surface area contributed by atoms with Crippen molar-refractivity contribution in [3.8, 4) is 11.8 Å². The Balaban J connectivity index is 1.38. The van der Waals surface area contributed by atoms with Gasteiger partial charge in [0.05, 0.1) is 5.02 Å². The molecule has 0 bridgehead atoms. The number of rotatable bonds is 3. The minimum Gasteiger partial charge on any atom is -0.341 e. The Bertz CT molecular complexity index is 956. The van der Waals surface area contributed by atoms with Crippen molar-refractivity contribution >= 4 is 23.4 Å². The first-order valence-corrected chi connectivity index (χ1v) is 9.27. The molecule has 0 spiro atoms. The van der Waals surface area contributed by atoms with Gasteiger partial charge in [-0.2, -0.15) is 0 Å². The molecule has 1 fully saturated rings. The van der Waals surface area contributed by atoms with Crippen molar-refractivity contribution in [2.24, 2.45) is 5.92 Å². The summed E-state index contributed by atoms with van der Waals surface area (Å²) >= 11 is 5.83. The van der Waals surface area contributed by atoms with E-state index < -0.39 is 0 Å². The average molecular weight is 380 g/mol. The number of carbonyl (C=O) groups is 2. The highest BCUT2D eigenvalue weighted by Crippen LogP contribution is 2.27. The van der Waals surface area contributed by atoms with E-state index in [2.05, 4.69) is 22.1 Å². The molecule has 4 rings (SSSR count). The molecule has 1 saturated carbocycles. The van der Waals surface area contributed by atoms with Crippen molar-refractivity contribution in [1.29, 1.82) is 0 Å². The van der Waals surface area contributed by atoms with Crippen LogP contribution in [-0.4, -0.2) is 21.7 Å². The first-order valence-electron chi connectivity index (χ1n) is 8.89. The first-order chi connectivity index (χ1) is 13.1. The summed E-state index contributed by atoms with van der Waals surface area (Å²) in [7, 11) is 0. The molecular formula is C21H18ClN3O2. The molecule has 2 aliphatic rings. The van der Waals surface area contributed by atoms with E-state index in [4.69, 9.17) is 11.6 Å². The van der Waals surface area contributed by atoms with E-state index in [-0.39, 0.29) is 11.8 Å². The second-order valence-corrected chi connectivity index (χ2v) is 7.29.